The van der Waals surface area contributed by atoms with E-state index in [1.165, 1.54) is 12.0 Å². The SMILES string of the molecule is COC(=O)CN1C(=O)/C(=C/C=C/c2ccccc2)NC1=S. The van der Waals surface area contributed by atoms with Crippen LogP contribution < -0.4 is 5.32 Å². The monoisotopic (exact) mass is 302 g/mol. The Balaban J connectivity index is 2.06. The number of hydrogen-bond acceptors (Lipinski definition) is 4. The number of allylic oxidation sites excluding steroid dienone is 2. The van der Waals surface area contributed by atoms with E-state index in [1.807, 2.05) is 36.4 Å². The molecule has 1 aliphatic rings. The van der Waals surface area contributed by atoms with Crippen LogP contribution >= 0.6 is 12.2 Å². The summed E-state index contributed by atoms with van der Waals surface area (Å²) < 4.78 is 4.53. The molecule has 6 heteroatoms. The number of amides is 1. The number of carbonyl (C=O) groups is 2. The number of benzene rings is 1. The Morgan fingerprint density at radius 3 is 2.76 bits per heavy atom. The van der Waals surface area contributed by atoms with Crippen molar-refractivity contribution in [1.82, 2.24) is 10.2 Å². The zero-order chi connectivity index (χ0) is 15.2. The second-order valence-corrected chi connectivity index (χ2v) is 4.63. The van der Waals surface area contributed by atoms with Gasteiger partial charge in [-0.2, -0.15) is 0 Å². The maximum Gasteiger partial charge on any atom is 0.325 e. The van der Waals surface area contributed by atoms with Crippen molar-refractivity contribution >= 4 is 35.3 Å². The zero-order valence-corrected chi connectivity index (χ0v) is 12.2. The summed E-state index contributed by atoms with van der Waals surface area (Å²) in [5.41, 5.74) is 1.35. The van der Waals surface area contributed by atoms with Crippen LogP contribution in [0.4, 0.5) is 0 Å². The fraction of sp³-hybridized carbons (Fsp3) is 0.133. The third-order valence-electron chi connectivity index (χ3n) is 2.83. The van der Waals surface area contributed by atoms with Crippen molar-refractivity contribution in [2.24, 2.45) is 0 Å². The van der Waals surface area contributed by atoms with Crippen molar-refractivity contribution in [3.05, 3.63) is 53.7 Å². The summed E-state index contributed by atoms with van der Waals surface area (Å²) in [5, 5.41) is 2.98. The predicted octanol–water partition coefficient (Wildman–Crippen LogP) is 1.47. The number of hydrogen-bond donors (Lipinski definition) is 1. The third-order valence-corrected chi connectivity index (χ3v) is 3.15. The second-order valence-electron chi connectivity index (χ2n) is 4.25. The van der Waals surface area contributed by atoms with Crippen LogP contribution in [-0.4, -0.2) is 35.5 Å². The minimum atomic E-state index is -0.520. The van der Waals surface area contributed by atoms with Crippen molar-refractivity contribution in [1.29, 1.82) is 0 Å². The van der Waals surface area contributed by atoms with Crippen LogP contribution in [0.5, 0.6) is 0 Å². The van der Waals surface area contributed by atoms with E-state index in [0.29, 0.717) is 5.70 Å². The summed E-state index contributed by atoms with van der Waals surface area (Å²) in [6, 6.07) is 9.69. The fourth-order valence-electron chi connectivity index (χ4n) is 1.74. The smallest absolute Gasteiger partial charge is 0.325 e. The first-order valence-electron chi connectivity index (χ1n) is 6.25. The van der Waals surface area contributed by atoms with Gasteiger partial charge in [0.2, 0.25) is 0 Å². The predicted molar refractivity (Wildman–Crippen MR) is 83.0 cm³/mol. The Hall–Kier alpha value is -2.47. The van der Waals surface area contributed by atoms with Gasteiger partial charge in [0.25, 0.3) is 5.91 Å². The fourth-order valence-corrected chi connectivity index (χ4v) is 2.00. The van der Waals surface area contributed by atoms with Crippen LogP contribution in [0.15, 0.2) is 48.2 Å². The molecule has 0 radical (unpaired) electrons. The Labute approximate surface area is 127 Å². The lowest BCUT2D eigenvalue weighted by molar-refractivity contribution is -0.143. The van der Waals surface area contributed by atoms with Crippen molar-refractivity contribution < 1.29 is 14.3 Å². The first-order valence-corrected chi connectivity index (χ1v) is 6.65. The van der Waals surface area contributed by atoms with E-state index in [2.05, 4.69) is 10.1 Å². The first-order chi connectivity index (χ1) is 10.1. The molecule has 2 rings (SSSR count). The molecule has 1 heterocycles. The highest BCUT2D eigenvalue weighted by Gasteiger charge is 2.31. The molecule has 21 heavy (non-hydrogen) atoms. The molecule has 1 aliphatic heterocycles. The van der Waals surface area contributed by atoms with Gasteiger partial charge in [0.05, 0.1) is 7.11 Å². The number of nitrogens with zero attached hydrogens (tertiary/aromatic N) is 1. The molecule has 1 aromatic carbocycles. The van der Waals surface area contributed by atoms with Gasteiger partial charge in [-0.05, 0) is 23.9 Å². The molecule has 1 aromatic rings. The quantitative estimate of drug-likeness (QED) is 0.518. The average molecular weight is 302 g/mol. The topological polar surface area (TPSA) is 58.6 Å². The van der Waals surface area contributed by atoms with E-state index in [9.17, 15) is 9.59 Å². The number of thiocarbonyl (C=S) groups is 1. The van der Waals surface area contributed by atoms with Crippen LogP contribution in [0.1, 0.15) is 5.56 Å². The number of nitrogens with one attached hydrogen (secondary N) is 1. The summed E-state index contributed by atoms with van der Waals surface area (Å²) >= 11 is 5.03. The second kappa shape index (κ2) is 6.81. The van der Waals surface area contributed by atoms with Gasteiger partial charge >= 0.3 is 5.97 Å². The van der Waals surface area contributed by atoms with Crippen LogP contribution in [0, 0.1) is 0 Å². The molecule has 0 bridgehead atoms. The van der Waals surface area contributed by atoms with Crippen molar-refractivity contribution in [2.45, 2.75) is 0 Å². The molecular weight excluding hydrogens is 288 g/mol. The van der Waals surface area contributed by atoms with E-state index in [-0.39, 0.29) is 17.6 Å². The van der Waals surface area contributed by atoms with Gasteiger partial charge in [-0.15, -0.1) is 0 Å². The highest BCUT2D eigenvalue weighted by atomic mass is 32.1. The standard InChI is InChI=1S/C15H14N2O3S/c1-20-13(18)10-17-14(19)12(16-15(17)21)9-5-8-11-6-3-2-4-7-11/h2-9H,10H2,1H3,(H,16,21)/b8-5+,12-9-. The summed E-state index contributed by atoms with van der Waals surface area (Å²) in [4.78, 5) is 24.5. The van der Waals surface area contributed by atoms with Crippen molar-refractivity contribution in [2.75, 3.05) is 13.7 Å². The Kier molecular flexibility index (Phi) is 4.84. The van der Waals surface area contributed by atoms with E-state index in [4.69, 9.17) is 12.2 Å². The lowest BCUT2D eigenvalue weighted by atomic mass is 10.2. The Morgan fingerprint density at radius 2 is 2.10 bits per heavy atom. The highest BCUT2D eigenvalue weighted by Crippen LogP contribution is 2.10. The third kappa shape index (κ3) is 3.76. The molecule has 0 spiro atoms. The van der Waals surface area contributed by atoms with Gasteiger partial charge in [0, 0.05) is 0 Å². The van der Waals surface area contributed by atoms with Gasteiger partial charge in [0.15, 0.2) is 5.11 Å². The molecule has 1 N–H and O–H groups in total. The van der Waals surface area contributed by atoms with Gasteiger partial charge in [0.1, 0.15) is 12.2 Å². The molecule has 0 aromatic heterocycles. The minimum Gasteiger partial charge on any atom is -0.468 e. The zero-order valence-electron chi connectivity index (χ0n) is 11.4. The van der Waals surface area contributed by atoms with Crippen molar-refractivity contribution in [3.63, 3.8) is 0 Å². The lowest BCUT2D eigenvalue weighted by Gasteiger charge is -2.11. The van der Waals surface area contributed by atoms with Crippen LogP contribution in [0.25, 0.3) is 6.08 Å². The number of carbonyl (C=O) groups excluding carboxylic acids is 2. The maximum atomic E-state index is 12.1. The van der Waals surface area contributed by atoms with Crippen LogP contribution in [-0.2, 0) is 14.3 Å². The number of ether oxygens (including phenoxy) is 1. The average Bonchev–Trinajstić information content (AvgIpc) is 2.76. The van der Waals surface area contributed by atoms with Gasteiger partial charge in [-0.1, -0.05) is 42.5 Å². The molecule has 1 saturated heterocycles. The molecular formula is C15H14N2O3S. The number of methoxy groups -OCH3 is 1. The molecule has 0 unspecified atom stereocenters. The molecule has 1 fully saturated rings. The van der Waals surface area contributed by atoms with Crippen LogP contribution in [0.3, 0.4) is 0 Å². The van der Waals surface area contributed by atoms with Gasteiger partial charge < -0.3 is 10.1 Å². The normalized spacial score (nSPS) is 16.6. The van der Waals surface area contributed by atoms with E-state index >= 15 is 0 Å². The van der Waals surface area contributed by atoms with E-state index in [0.717, 1.165) is 5.56 Å². The number of esters is 1. The molecule has 108 valence electrons. The first kappa shape index (κ1) is 14.9. The van der Waals surface area contributed by atoms with Crippen LogP contribution in [0.2, 0.25) is 0 Å². The molecule has 0 saturated carbocycles. The molecule has 0 atom stereocenters. The minimum absolute atomic E-state index is 0.194. The highest BCUT2D eigenvalue weighted by molar-refractivity contribution is 7.80. The van der Waals surface area contributed by atoms with E-state index < -0.39 is 5.97 Å². The lowest BCUT2D eigenvalue weighted by Crippen LogP contribution is -2.35. The van der Waals surface area contributed by atoms with Gasteiger partial charge in [-0.3, -0.25) is 14.5 Å². The maximum absolute atomic E-state index is 12.1. The van der Waals surface area contributed by atoms with Gasteiger partial charge in [-0.25, -0.2) is 0 Å². The van der Waals surface area contributed by atoms with E-state index in [1.54, 1.807) is 12.2 Å². The number of rotatable bonds is 4. The summed E-state index contributed by atoms with van der Waals surface area (Å²) in [5.74, 6) is -0.864. The summed E-state index contributed by atoms with van der Waals surface area (Å²) in [6.45, 7) is -0.194. The molecule has 1 amide bonds. The largest absolute Gasteiger partial charge is 0.468 e. The van der Waals surface area contributed by atoms with Crippen molar-refractivity contribution in [3.8, 4) is 0 Å². The molecule has 5 nitrogen and oxygen atoms in total. The summed E-state index contributed by atoms with van der Waals surface area (Å²) in [6.07, 6.45) is 5.24. The summed E-state index contributed by atoms with van der Waals surface area (Å²) in [7, 11) is 1.26. The Morgan fingerprint density at radius 1 is 1.38 bits per heavy atom. The Bertz CT molecular complexity index is 623. The molecule has 0 aliphatic carbocycles.